The molecule has 0 radical (unpaired) electrons. The molecule has 6 rings (SSSR count). The van der Waals surface area contributed by atoms with E-state index >= 15 is 0 Å². The molecule has 244 valence electrons. The third kappa shape index (κ3) is 5.88. The number of nitrogens with zero attached hydrogens (tertiary/aromatic N) is 1. The molecular formula is C37H40BrN3O5Si. The van der Waals surface area contributed by atoms with Gasteiger partial charge in [-0.15, -0.1) is 0 Å². The largest absolute Gasteiger partial charge is 0.497 e. The summed E-state index contributed by atoms with van der Waals surface area (Å²) in [7, 11) is -0.601. The van der Waals surface area contributed by atoms with Crippen LogP contribution in [0.1, 0.15) is 34.8 Å². The minimum atomic E-state index is -2.26. The number of aliphatic hydroxyl groups is 1. The number of ether oxygens (including phenoxy) is 2. The fourth-order valence-corrected chi connectivity index (χ4v) is 12.0. The summed E-state index contributed by atoms with van der Waals surface area (Å²) in [6, 6.07) is 28.5. The Hall–Kier alpha value is -3.96. The van der Waals surface area contributed by atoms with Crippen LogP contribution in [0.2, 0.25) is 18.6 Å². The summed E-state index contributed by atoms with van der Waals surface area (Å²) >= 11 is 3.65. The molecule has 1 spiro atoms. The first-order valence-corrected chi connectivity index (χ1v) is 19.7. The Kier molecular flexibility index (Phi) is 9.06. The van der Waals surface area contributed by atoms with Gasteiger partial charge in [0.2, 0.25) is 0 Å². The highest BCUT2D eigenvalue weighted by Crippen LogP contribution is 2.60. The molecule has 47 heavy (non-hydrogen) atoms. The van der Waals surface area contributed by atoms with Gasteiger partial charge < -0.3 is 30.5 Å². The third-order valence-electron chi connectivity index (χ3n) is 9.94. The van der Waals surface area contributed by atoms with Gasteiger partial charge in [0.05, 0.1) is 33.5 Å². The van der Waals surface area contributed by atoms with E-state index in [9.17, 15) is 14.7 Å². The second-order valence-electron chi connectivity index (χ2n) is 13.0. The van der Waals surface area contributed by atoms with Gasteiger partial charge in [0.1, 0.15) is 5.75 Å². The Balaban J connectivity index is 1.30. The van der Waals surface area contributed by atoms with Crippen molar-refractivity contribution in [3.8, 4) is 5.75 Å². The number of methoxy groups -OCH3 is 1. The number of carbonyl (C=O) groups excluding carboxylic acids is 2. The first-order valence-electron chi connectivity index (χ1n) is 15.8. The van der Waals surface area contributed by atoms with E-state index < -0.39 is 13.7 Å². The summed E-state index contributed by atoms with van der Waals surface area (Å²) in [6.45, 7) is 7.11. The normalized spacial score (nSPS) is 22.0. The van der Waals surface area contributed by atoms with Crippen LogP contribution in [0.3, 0.4) is 0 Å². The van der Waals surface area contributed by atoms with E-state index in [1.807, 2.05) is 59.5 Å². The van der Waals surface area contributed by atoms with Crippen LogP contribution in [0.5, 0.6) is 5.75 Å². The van der Waals surface area contributed by atoms with Gasteiger partial charge in [-0.2, -0.15) is 0 Å². The van der Waals surface area contributed by atoms with Crippen LogP contribution in [0.15, 0.2) is 95.5 Å². The zero-order valence-corrected chi connectivity index (χ0v) is 29.6. The minimum absolute atomic E-state index is 0.0263. The molecule has 0 saturated carbocycles. The van der Waals surface area contributed by atoms with Crippen LogP contribution in [0, 0.1) is 5.92 Å². The Bertz CT molecular complexity index is 1780. The molecule has 2 heterocycles. The number of rotatable bonds is 9. The van der Waals surface area contributed by atoms with E-state index in [-0.39, 0.29) is 36.0 Å². The van der Waals surface area contributed by atoms with Gasteiger partial charge in [-0.25, -0.2) is 0 Å². The van der Waals surface area contributed by atoms with Gasteiger partial charge in [-0.05, 0) is 84.3 Å². The Labute approximate surface area is 285 Å². The monoisotopic (exact) mass is 713 g/mol. The average molecular weight is 715 g/mol. The average Bonchev–Trinajstić information content (AvgIpc) is 3.48. The molecule has 4 aromatic carbocycles. The molecule has 0 aromatic heterocycles. The second-order valence-corrected chi connectivity index (χ2v) is 18.6. The van der Waals surface area contributed by atoms with Crippen molar-refractivity contribution < 1.29 is 24.2 Å². The number of hydrogen-bond acceptors (Lipinski definition) is 6. The van der Waals surface area contributed by atoms with E-state index in [2.05, 4.69) is 53.4 Å². The van der Waals surface area contributed by atoms with Crippen LogP contribution in [-0.2, 0) is 21.7 Å². The molecule has 4 aromatic rings. The number of benzene rings is 4. The number of hydrogen-bond donors (Lipinski definition) is 3. The van der Waals surface area contributed by atoms with E-state index in [0.29, 0.717) is 29.9 Å². The number of nitrogen functional groups attached to an aromatic ring is 1. The maximum absolute atomic E-state index is 14.8. The van der Waals surface area contributed by atoms with Crippen LogP contribution in [-0.4, -0.2) is 44.8 Å². The molecular weight excluding hydrogens is 674 g/mol. The lowest BCUT2D eigenvalue weighted by Crippen LogP contribution is -2.51. The molecule has 10 heteroatoms. The predicted octanol–water partition coefficient (Wildman–Crippen LogP) is 6.44. The Morgan fingerprint density at radius 1 is 1.04 bits per heavy atom. The molecule has 0 bridgehead atoms. The van der Waals surface area contributed by atoms with Gasteiger partial charge in [-0.1, -0.05) is 65.4 Å². The molecule has 0 aliphatic carbocycles. The highest BCUT2D eigenvalue weighted by Gasteiger charge is 2.66. The van der Waals surface area contributed by atoms with Gasteiger partial charge >= 0.3 is 0 Å². The number of aliphatic hydroxyl groups excluding tert-OH is 1. The lowest BCUT2D eigenvalue weighted by Gasteiger charge is -2.37. The number of amides is 2. The highest BCUT2D eigenvalue weighted by atomic mass is 79.9. The lowest BCUT2D eigenvalue weighted by atomic mass is 9.82. The summed E-state index contributed by atoms with van der Waals surface area (Å²) in [5.74, 6) is 0.327. The van der Waals surface area contributed by atoms with Crippen molar-refractivity contribution in [3.63, 3.8) is 0 Å². The molecule has 1 fully saturated rings. The van der Waals surface area contributed by atoms with Gasteiger partial charge in [0.15, 0.2) is 5.60 Å². The van der Waals surface area contributed by atoms with E-state index in [4.69, 9.17) is 15.2 Å². The Morgan fingerprint density at radius 3 is 2.36 bits per heavy atom. The standard InChI is InChI=1S/C37H40BrN3O5Si/c1-23-34(47(3,4)30-16-14-29(45-2)15-17-30)33(19-20-42)46-37(23)31-21-26(38)9-18-32(31)41(36(37)44)22-24-5-12-28(13-6-24)40-35(43)25-7-10-27(39)11-8-25/h5-18,21,23,33-34,42H,19-20,22,39H2,1-4H3,(H,40,43)/t23-,33+,34-,37+/m1/s1. The van der Waals surface area contributed by atoms with Crippen LogP contribution in [0.4, 0.5) is 17.1 Å². The second kappa shape index (κ2) is 12.9. The van der Waals surface area contributed by atoms with Crippen molar-refractivity contribution >= 4 is 58.1 Å². The minimum Gasteiger partial charge on any atom is -0.497 e. The summed E-state index contributed by atoms with van der Waals surface area (Å²) in [4.78, 5) is 29.3. The third-order valence-corrected chi connectivity index (χ3v) is 14.8. The van der Waals surface area contributed by atoms with Crippen LogP contribution in [0.25, 0.3) is 0 Å². The Morgan fingerprint density at radius 2 is 1.72 bits per heavy atom. The van der Waals surface area contributed by atoms with Crippen molar-refractivity contribution in [2.75, 3.05) is 29.7 Å². The first-order chi connectivity index (χ1) is 22.5. The van der Waals surface area contributed by atoms with Gasteiger partial charge in [0.25, 0.3) is 11.8 Å². The quantitative estimate of drug-likeness (QED) is 0.136. The molecule has 2 aliphatic rings. The van der Waals surface area contributed by atoms with E-state index in [0.717, 1.165) is 27.0 Å². The first kappa shape index (κ1) is 33.0. The van der Waals surface area contributed by atoms with Crippen molar-refractivity contribution in [2.45, 2.75) is 50.2 Å². The number of halogens is 1. The molecule has 0 unspecified atom stereocenters. The summed E-state index contributed by atoms with van der Waals surface area (Å²) in [5, 5.41) is 14.3. The van der Waals surface area contributed by atoms with Gasteiger partial charge in [0, 0.05) is 39.5 Å². The van der Waals surface area contributed by atoms with E-state index in [1.54, 1.807) is 31.4 Å². The maximum Gasteiger partial charge on any atom is 0.264 e. The van der Waals surface area contributed by atoms with Crippen molar-refractivity contribution in [1.29, 1.82) is 0 Å². The van der Waals surface area contributed by atoms with Gasteiger partial charge in [-0.3, -0.25) is 9.59 Å². The van der Waals surface area contributed by atoms with Crippen molar-refractivity contribution in [1.82, 2.24) is 0 Å². The lowest BCUT2D eigenvalue weighted by molar-refractivity contribution is -0.146. The number of nitrogens with two attached hydrogens (primary N) is 1. The van der Waals surface area contributed by atoms with Crippen molar-refractivity contribution in [2.24, 2.45) is 5.92 Å². The zero-order chi connectivity index (χ0) is 33.5. The molecule has 2 aliphatic heterocycles. The van der Waals surface area contributed by atoms with E-state index in [1.165, 1.54) is 5.19 Å². The fraction of sp³-hybridized carbons (Fsp3) is 0.297. The number of nitrogens with one attached hydrogen (secondary N) is 1. The topological polar surface area (TPSA) is 114 Å². The van der Waals surface area contributed by atoms with Crippen LogP contribution >= 0.6 is 15.9 Å². The summed E-state index contributed by atoms with van der Waals surface area (Å²) < 4.78 is 13.3. The zero-order valence-electron chi connectivity index (χ0n) is 27.0. The summed E-state index contributed by atoms with van der Waals surface area (Å²) in [6.07, 6.45) is 0.155. The number of anilines is 3. The highest BCUT2D eigenvalue weighted by molar-refractivity contribution is 9.10. The number of fused-ring (bicyclic) bond motifs is 2. The molecule has 2 amide bonds. The van der Waals surface area contributed by atoms with Crippen LogP contribution < -0.4 is 25.9 Å². The molecule has 1 saturated heterocycles. The SMILES string of the molecule is COc1ccc([Si](C)(C)[C@H]2[C@H](CCO)O[C@@]3(C(=O)N(Cc4ccc(NC(=O)c5ccc(N)cc5)cc4)c4ccc(Br)cc43)[C@@H]2C)cc1. The van der Waals surface area contributed by atoms with Crippen molar-refractivity contribution in [3.05, 3.63) is 112 Å². The predicted molar refractivity (Wildman–Crippen MR) is 192 cm³/mol. The molecule has 4 N–H and O–H groups in total. The number of carbonyl (C=O) groups is 2. The molecule has 8 nitrogen and oxygen atoms in total. The fourth-order valence-electron chi connectivity index (χ4n) is 7.55. The summed E-state index contributed by atoms with van der Waals surface area (Å²) in [5.41, 5.74) is 8.96. The molecule has 4 atom stereocenters. The smallest absolute Gasteiger partial charge is 0.264 e. The maximum atomic E-state index is 14.8.